The first-order valence-corrected chi connectivity index (χ1v) is 8.09. The van der Waals surface area contributed by atoms with Crippen LogP contribution in [-0.4, -0.2) is 19.3 Å². The highest BCUT2D eigenvalue weighted by Gasteiger charge is 2.09. The van der Waals surface area contributed by atoms with Gasteiger partial charge in [-0.2, -0.15) is 0 Å². The lowest BCUT2D eigenvalue weighted by atomic mass is 10.00. The van der Waals surface area contributed by atoms with E-state index < -0.39 is 0 Å². The van der Waals surface area contributed by atoms with Gasteiger partial charge in [-0.1, -0.05) is 29.9 Å². The van der Waals surface area contributed by atoms with Gasteiger partial charge in [-0.25, -0.2) is 0 Å². The van der Waals surface area contributed by atoms with E-state index in [4.69, 9.17) is 15.2 Å². The van der Waals surface area contributed by atoms with Crippen molar-refractivity contribution in [2.75, 3.05) is 20.0 Å². The molecule has 0 saturated heterocycles. The first-order valence-electron chi connectivity index (χ1n) is 8.09. The number of phenols is 1. The summed E-state index contributed by atoms with van der Waals surface area (Å²) in [6.07, 6.45) is 6.79. The topological polar surface area (TPSA) is 64.7 Å². The molecule has 0 spiro atoms. The molecule has 0 radical (unpaired) electrons. The minimum absolute atomic E-state index is 0.173. The molecule has 3 N–H and O–H groups in total. The number of aromatic hydroxyl groups is 1. The number of nitrogens with two attached hydrogens (primary N) is 1. The molecule has 2 aromatic carbocycles. The monoisotopic (exact) mass is 339 g/mol. The summed E-state index contributed by atoms with van der Waals surface area (Å²) in [5.74, 6) is 1.49. The van der Waals surface area contributed by atoms with Gasteiger partial charge in [0.1, 0.15) is 17.2 Å². The van der Waals surface area contributed by atoms with Crippen LogP contribution in [0.2, 0.25) is 0 Å². The van der Waals surface area contributed by atoms with Crippen molar-refractivity contribution in [3.8, 4) is 17.2 Å². The second-order valence-corrected chi connectivity index (χ2v) is 6.04. The number of allylic oxidation sites excluding steroid dienone is 2. The van der Waals surface area contributed by atoms with Gasteiger partial charge >= 0.3 is 0 Å². The molecule has 0 aliphatic rings. The zero-order chi connectivity index (χ0) is 18.4. The van der Waals surface area contributed by atoms with Crippen LogP contribution in [0.5, 0.6) is 17.2 Å². The Hall–Kier alpha value is -2.88. The first-order chi connectivity index (χ1) is 11.9. The fraction of sp³-hybridized carbons (Fsp3) is 0.238. The number of hydrogen-bond acceptors (Lipinski definition) is 4. The molecule has 0 fully saturated rings. The average molecular weight is 339 g/mol. The van der Waals surface area contributed by atoms with Gasteiger partial charge in [0.2, 0.25) is 0 Å². The van der Waals surface area contributed by atoms with E-state index in [0.717, 1.165) is 23.1 Å². The van der Waals surface area contributed by atoms with Crippen LogP contribution in [0.15, 0.2) is 42.0 Å². The summed E-state index contributed by atoms with van der Waals surface area (Å²) >= 11 is 0. The maximum absolute atomic E-state index is 9.98. The highest BCUT2D eigenvalue weighted by molar-refractivity contribution is 5.75. The smallest absolute Gasteiger partial charge is 0.142 e. The lowest BCUT2D eigenvalue weighted by Gasteiger charge is -2.12. The lowest BCUT2D eigenvalue weighted by molar-refractivity contribution is 0.403. The van der Waals surface area contributed by atoms with Crippen molar-refractivity contribution in [3.63, 3.8) is 0 Å². The Morgan fingerprint density at radius 2 is 1.76 bits per heavy atom. The van der Waals surface area contributed by atoms with Crippen LogP contribution in [0, 0.1) is 0 Å². The Balaban J connectivity index is 2.43. The van der Waals surface area contributed by atoms with Crippen LogP contribution >= 0.6 is 0 Å². The molecule has 0 unspecified atom stereocenters. The average Bonchev–Trinajstić information content (AvgIpc) is 2.59. The molecule has 4 heteroatoms. The predicted molar refractivity (Wildman–Crippen MR) is 104 cm³/mol. The molecule has 4 nitrogen and oxygen atoms in total. The third kappa shape index (κ3) is 4.80. The summed E-state index contributed by atoms with van der Waals surface area (Å²) in [4.78, 5) is 0. The quantitative estimate of drug-likeness (QED) is 0.456. The number of hydrogen-bond donors (Lipinski definition) is 2. The molecule has 2 aromatic rings. The second-order valence-electron chi connectivity index (χ2n) is 6.04. The van der Waals surface area contributed by atoms with Gasteiger partial charge in [-0.3, -0.25) is 0 Å². The number of methoxy groups -OCH3 is 2. The van der Waals surface area contributed by atoms with Crippen LogP contribution in [0.4, 0.5) is 5.69 Å². The number of anilines is 1. The molecular formula is C21H25NO3. The first kappa shape index (κ1) is 18.5. The van der Waals surface area contributed by atoms with Crippen LogP contribution in [0.25, 0.3) is 12.2 Å². The molecule has 25 heavy (non-hydrogen) atoms. The summed E-state index contributed by atoms with van der Waals surface area (Å²) in [6, 6.07) is 8.98. The van der Waals surface area contributed by atoms with E-state index in [9.17, 15) is 5.11 Å². The van der Waals surface area contributed by atoms with Crippen molar-refractivity contribution >= 4 is 17.8 Å². The summed E-state index contributed by atoms with van der Waals surface area (Å²) in [7, 11) is 3.20. The SMILES string of the molecule is COc1cc(/C=C/c2cc(O)cc(OC)c2CC=C(C)C)ccc1N. The molecule has 0 saturated carbocycles. The lowest BCUT2D eigenvalue weighted by Crippen LogP contribution is -1.95. The van der Waals surface area contributed by atoms with Crippen molar-refractivity contribution in [2.24, 2.45) is 0 Å². The van der Waals surface area contributed by atoms with Gasteiger partial charge in [0.15, 0.2) is 0 Å². The minimum atomic E-state index is 0.173. The van der Waals surface area contributed by atoms with Gasteiger partial charge in [0.25, 0.3) is 0 Å². The third-order valence-corrected chi connectivity index (χ3v) is 3.88. The van der Waals surface area contributed by atoms with E-state index in [-0.39, 0.29) is 5.75 Å². The number of phenolic OH excluding ortho intramolecular Hbond substituents is 1. The molecule has 0 heterocycles. The van der Waals surface area contributed by atoms with Gasteiger partial charge in [0.05, 0.1) is 19.9 Å². The van der Waals surface area contributed by atoms with Crippen LogP contribution < -0.4 is 15.2 Å². The maximum atomic E-state index is 9.98. The third-order valence-electron chi connectivity index (χ3n) is 3.88. The van der Waals surface area contributed by atoms with Gasteiger partial charge in [-0.15, -0.1) is 0 Å². The normalized spacial score (nSPS) is 10.7. The Morgan fingerprint density at radius 1 is 1.04 bits per heavy atom. The largest absolute Gasteiger partial charge is 0.508 e. The van der Waals surface area contributed by atoms with E-state index >= 15 is 0 Å². The predicted octanol–water partition coefficient (Wildman–Crippen LogP) is 4.67. The Kier molecular flexibility index (Phi) is 6.12. The molecular weight excluding hydrogens is 314 g/mol. The zero-order valence-electron chi connectivity index (χ0n) is 15.2. The Labute approximate surface area is 149 Å². The molecule has 0 aromatic heterocycles. The highest BCUT2D eigenvalue weighted by Crippen LogP contribution is 2.31. The number of nitrogen functional groups attached to an aromatic ring is 1. The molecule has 0 aliphatic carbocycles. The second kappa shape index (κ2) is 8.29. The van der Waals surface area contributed by atoms with E-state index in [1.165, 1.54) is 5.57 Å². The minimum Gasteiger partial charge on any atom is -0.508 e. The van der Waals surface area contributed by atoms with Crippen LogP contribution in [0.1, 0.15) is 30.5 Å². The molecule has 0 aliphatic heterocycles. The van der Waals surface area contributed by atoms with Crippen LogP contribution in [0.3, 0.4) is 0 Å². The number of rotatable bonds is 6. The van der Waals surface area contributed by atoms with Crippen molar-refractivity contribution < 1.29 is 14.6 Å². The molecule has 2 rings (SSSR count). The standard InChI is InChI=1S/C21H25NO3/c1-14(2)5-9-18-16(12-17(23)13-20(18)24-3)8-6-15-7-10-19(22)21(11-15)25-4/h5-8,10-13,23H,9,22H2,1-4H3/b8-6+. The van der Waals surface area contributed by atoms with E-state index in [2.05, 4.69) is 19.9 Å². The fourth-order valence-electron chi connectivity index (χ4n) is 2.52. The molecule has 132 valence electrons. The van der Waals surface area contributed by atoms with Gasteiger partial charge in [-0.05, 0) is 49.6 Å². The summed E-state index contributed by atoms with van der Waals surface area (Å²) in [6.45, 7) is 4.12. The summed E-state index contributed by atoms with van der Waals surface area (Å²) in [5, 5.41) is 9.98. The number of benzene rings is 2. The zero-order valence-corrected chi connectivity index (χ0v) is 15.2. The van der Waals surface area contributed by atoms with Gasteiger partial charge in [0, 0.05) is 11.6 Å². The number of ether oxygens (including phenoxy) is 2. The molecule has 0 amide bonds. The van der Waals surface area contributed by atoms with Gasteiger partial charge < -0.3 is 20.3 Å². The van der Waals surface area contributed by atoms with Crippen molar-refractivity contribution in [2.45, 2.75) is 20.3 Å². The Morgan fingerprint density at radius 3 is 2.40 bits per heavy atom. The van der Waals surface area contributed by atoms with Crippen molar-refractivity contribution in [3.05, 3.63) is 58.7 Å². The van der Waals surface area contributed by atoms with Crippen molar-refractivity contribution in [1.82, 2.24) is 0 Å². The summed E-state index contributed by atoms with van der Waals surface area (Å²) in [5.41, 5.74) is 10.6. The molecule has 0 atom stereocenters. The maximum Gasteiger partial charge on any atom is 0.142 e. The fourth-order valence-corrected chi connectivity index (χ4v) is 2.52. The highest BCUT2D eigenvalue weighted by atomic mass is 16.5. The molecule has 0 bridgehead atoms. The van der Waals surface area contributed by atoms with Crippen LogP contribution in [-0.2, 0) is 6.42 Å². The van der Waals surface area contributed by atoms with E-state index in [1.54, 1.807) is 26.4 Å². The Bertz CT molecular complexity index is 803. The van der Waals surface area contributed by atoms with Crippen molar-refractivity contribution in [1.29, 1.82) is 0 Å². The van der Waals surface area contributed by atoms with E-state index in [1.807, 2.05) is 30.4 Å². The van der Waals surface area contributed by atoms with E-state index in [0.29, 0.717) is 17.2 Å². The summed E-state index contributed by atoms with van der Waals surface area (Å²) < 4.78 is 10.7.